The maximum atomic E-state index is 13.9. The van der Waals surface area contributed by atoms with E-state index in [0.29, 0.717) is 23.4 Å². The van der Waals surface area contributed by atoms with Crippen molar-refractivity contribution in [3.05, 3.63) is 29.8 Å². The number of halogens is 2. The highest BCUT2D eigenvalue weighted by Crippen LogP contribution is 2.25. The van der Waals surface area contributed by atoms with Gasteiger partial charge < -0.3 is 9.47 Å². The van der Waals surface area contributed by atoms with Gasteiger partial charge in [0.1, 0.15) is 11.3 Å². The van der Waals surface area contributed by atoms with Crippen LogP contribution in [0.2, 0.25) is 0 Å². The Kier molecular flexibility index (Phi) is 4.18. The molecule has 0 aliphatic carbocycles. The summed E-state index contributed by atoms with van der Waals surface area (Å²) in [6.45, 7) is 7.56. The van der Waals surface area contributed by atoms with Gasteiger partial charge in [0.25, 0.3) is 0 Å². The van der Waals surface area contributed by atoms with Gasteiger partial charge in [-0.3, -0.25) is 0 Å². The van der Waals surface area contributed by atoms with E-state index >= 15 is 0 Å². The van der Waals surface area contributed by atoms with Gasteiger partial charge in [0.2, 0.25) is 0 Å². The Hall–Kier alpha value is -1.13. The topological polar surface area (TPSA) is 21.1 Å². The fourth-order valence-corrected chi connectivity index (χ4v) is 3.41. The Morgan fingerprint density at radius 1 is 1.43 bits per heavy atom. The smallest absolute Gasteiger partial charge is 0.151 e. The molecule has 3 rings (SSSR count). The zero-order valence-electron chi connectivity index (χ0n) is 12.5. The quantitative estimate of drug-likeness (QED) is 0.804. The second-order valence-electron chi connectivity index (χ2n) is 6.12. The van der Waals surface area contributed by atoms with Gasteiger partial charge in [-0.25, -0.2) is 9.37 Å². The van der Waals surface area contributed by atoms with Gasteiger partial charge in [-0.05, 0) is 44.9 Å². The molecule has 2 heterocycles. The van der Waals surface area contributed by atoms with Gasteiger partial charge >= 0.3 is 0 Å². The van der Waals surface area contributed by atoms with Crippen LogP contribution in [-0.4, -0.2) is 33.6 Å². The number of hydrogen-bond acceptors (Lipinski definition) is 2. The number of fused-ring (bicyclic) bond motifs is 1. The molecule has 0 amide bonds. The van der Waals surface area contributed by atoms with Crippen molar-refractivity contribution >= 4 is 22.6 Å². The second kappa shape index (κ2) is 5.93. The summed E-state index contributed by atoms with van der Waals surface area (Å²) >= 11 is 6.00. The summed E-state index contributed by atoms with van der Waals surface area (Å²) in [5, 5.41) is 0. The molecule has 3 nitrogen and oxygen atoms in total. The molecule has 1 aromatic carbocycles. The summed E-state index contributed by atoms with van der Waals surface area (Å²) in [5.41, 5.74) is 1.29. The summed E-state index contributed by atoms with van der Waals surface area (Å²) in [4.78, 5) is 6.86. The molecule has 1 aromatic heterocycles. The van der Waals surface area contributed by atoms with Crippen LogP contribution in [0.3, 0.4) is 0 Å². The highest BCUT2D eigenvalue weighted by molar-refractivity contribution is 6.16. The van der Waals surface area contributed by atoms with Gasteiger partial charge in [0.15, 0.2) is 5.82 Å². The molecule has 1 fully saturated rings. The predicted octanol–water partition coefficient (Wildman–Crippen LogP) is 3.64. The predicted molar refractivity (Wildman–Crippen MR) is 84.1 cm³/mol. The first-order valence-electron chi connectivity index (χ1n) is 7.53. The SMILES string of the molecule is CC(C)N1CCC(Cn2c(CCl)nc3c(F)cccc32)C1. The van der Waals surface area contributed by atoms with Gasteiger partial charge in [-0.15, -0.1) is 11.6 Å². The number of benzene rings is 1. The summed E-state index contributed by atoms with van der Waals surface area (Å²) in [6, 6.07) is 5.70. The zero-order valence-corrected chi connectivity index (χ0v) is 13.3. The van der Waals surface area contributed by atoms with Crippen LogP contribution < -0.4 is 0 Å². The number of rotatable bonds is 4. The molecule has 21 heavy (non-hydrogen) atoms. The van der Waals surface area contributed by atoms with E-state index in [1.54, 1.807) is 6.07 Å². The van der Waals surface area contributed by atoms with E-state index in [9.17, 15) is 4.39 Å². The van der Waals surface area contributed by atoms with Crippen LogP contribution in [-0.2, 0) is 12.4 Å². The van der Waals surface area contributed by atoms with Crippen molar-refractivity contribution in [3.8, 4) is 0 Å². The maximum Gasteiger partial charge on any atom is 0.151 e. The normalized spacial score (nSPS) is 20.0. The Labute approximate surface area is 129 Å². The van der Waals surface area contributed by atoms with Crippen LogP contribution in [0, 0.1) is 11.7 Å². The average Bonchev–Trinajstić information content (AvgIpc) is 3.06. The van der Waals surface area contributed by atoms with Crippen molar-refractivity contribution < 1.29 is 4.39 Å². The molecule has 0 radical (unpaired) electrons. The largest absolute Gasteiger partial charge is 0.327 e. The van der Waals surface area contributed by atoms with Crippen LogP contribution in [0.25, 0.3) is 11.0 Å². The first kappa shape index (κ1) is 14.8. The van der Waals surface area contributed by atoms with Crippen molar-refractivity contribution in [2.45, 2.75) is 38.7 Å². The molecule has 0 bridgehead atoms. The van der Waals surface area contributed by atoms with Gasteiger partial charge in [0, 0.05) is 19.1 Å². The highest BCUT2D eigenvalue weighted by atomic mass is 35.5. The number of alkyl halides is 1. The number of likely N-dealkylation sites (tertiary alicyclic amines) is 1. The van der Waals surface area contributed by atoms with Crippen molar-refractivity contribution in [3.63, 3.8) is 0 Å². The van der Waals surface area contributed by atoms with Gasteiger partial charge in [-0.2, -0.15) is 0 Å². The highest BCUT2D eigenvalue weighted by Gasteiger charge is 2.26. The first-order chi connectivity index (χ1) is 10.1. The van der Waals surface area contributed by atoms with Crippen molar-refractivity contribution in [1.82, 2.24) is 14.5 Å². The molecular weight excluding hydrogens is 289 g/mol. The standard InChI is InChI=1S/C16H21ClFN3/c1-11(2)20-7-6-12(9-20)10-21-14-5-3-4-13(18)16(14)19-15(21)8-17/h3-5,11-12H,6-10H2,1-2H3. The minimum absolute atomic E-state index is 0.271. The van der Waals surface area contributed by atoms with Crippen molar-refractivity contribution in [1.29, 1.82) is 0 Å². The molecule has 0 N–H and O–H groups in total. The lowest BCUT2D eigenvalue weighted by atomic mass is 10.1. The van der Waals surface area contributed by atoms with Crippen LogP contribution in [0.4, 0.5) is 4.39 Å². The minimum Gasteiger partial charge on any atom is -0.327 e. The molecule has 114 valence electrons. The van der Waals surface area contributed by atoms with E-state index in [1.165, 1.54) is 12.5 Å². The Morgan fingerprint density at radius 3 is 2.90 bits per heavy atom. The van der Waals surface area contributed by atoms with E-state index in [4.69, 9.17) is 11.6 Å². The van der Waals surface area contributed by atoms with Crippen LogP contribution >= 0.6 is 11.6 Å². The Balaban J connectivity index is 1.88. The molecule has 1 aliphatic rings. The van der Waals surface area contributed by atoms with Crippen LogP contribution in [0.5, 0.6) is 0 Å². The molecule has 0 spiro atoms. The lowest BCUT2D eigenvalue weighted by Gasteiger charge is -2.20. The fraction of sp³-hybridized carbons (Fsp3) is 0.562. The Bertz CT molecular complexity index is 638. The average molecular weight is 310 g/mol. The number of aromatic nitrogens is 2. The van der Waals surface area contributed by atoms with E-state index in [0.717, 1.165) is 31.0 Å². The molecule has 0 saturated carbocycles. The first-order valence-corrected chi connectivity index (χ1v) is 8.07. The lowest BCUT2D eigenvalue weighted by molar-refractivity contribution is 0.261. The van der Waals surface area contributed by atoms with Gasteiger partial charge in [0.05, 0.1) is 11.4 Å². The monoisotopic (exact) mass is 309 g/mol. The number of hydrogen-bond donors (Lipinski definition) is 0. The molecule has 1 aliphatic heterocycles. The third kappa shape index (κ3) is 2.79. The van der Waals surface area contributed by atoms with Crippen molar-refractivity contribution in [2.75, 3.05) is 13.1 Å². The molecule has 2 aromatic rings. The van der Waals surface area contributed by atoms with E-state index < -0.39 is 0 Å². The van der Waals surface area contributed by atoms with E-state index in [2.05, 4.69) is 28.3 Å². The second-order valence-corrected chi connectivity index (χ2v) is 6.39. The summed E-state index contributed by atoms with van der Waals surface area (Å²) < 4.78 is 16.0. The minimum atomic E-state index is -0.271. The van der Waals surface area contributed by atoms with E-state index in [-0.39, 0.29) is 5.82 Å². The van der Waals surface area contributed by atoms with E-state index in [1.807, 2.05) is 6.07 Å². The summed E-state index contributed by atoms with van der Waals surface area (Å²) in [5.74, 6) is 1.39. The molecular formula is C16H21ClFN3. The number of para-hydroxylation sites is 1. The molecule has 5 heteroatoms. The van der Waals surface area contributed by atoms with Crippen molar-refractivity contribution in [2.24, 2.45) is 5.92 Å². The summed E-state index contributed by atoms with van der Waals surface area (Å²) in [7, 11) is 0. The third-order valence-electron chi connectivity index (χ3n) is 4.42. The zero-order chi connectivity index (χ0) is 15.0. The van der Waals surface area contributed by atoms with Gasteiger partial charge in [-0.1, -0.05) is 6.07 Å². The maximum absolute atomic E-state index is 13.9. The summed E-state index contributed by atoms with van der Waals surface area (Å²) in [6.07, 6.45) is 1.18. The number of nitrogens with zero attached hydrogens (tertiary/aromatic N) is 3. The number of imidazole rings is 1. The molecule has 1 saturated heterocycles. The Morgan fingerprint density at radius 2 is 2.24 bits per heavy atom. The van der Waals surface area contributed by atoms with Crippen LogP contribution in [0.15, 0.2) is 18.2 Å². The third-order valence-corrected chi connectivity index (χ3v) is 4.66. The molecule has 1 unspecified atom stereocenters. The molecule has 1 atom stereocenters. The van der Waals surface area contributed by atoms with Crippen LogP contribution in [0.1, 0.15) is 26.1 Å². The fourth-order valence-electron chi connectivity index (χ4n) is 3.21. The lowest BCUT2D eigenvalue weighted by Crippen LogP contribution is -2.28.